The fraction of sp³-hybridized carbons (Fsp3) is 0.211. The van der Waals surface area contributed by atoms with Gasteiger partial charge in [-0.25, -0.2) is 0 Å². The van der Waals surface area contributed by atoms with E-state index >= 15 is 0 Å². The van der Waals surface area contributed by atoms with Crippen molar-refractivity contribution in [2.45, 2.75) is 20.3 Å². The molecule has 0 saturated heterocycles. The van der Waals surface area contributed by atoms with Gasteiger partial charge in [0.1, 0.15) is 5.75 Å². The first-order valence-corrected chi connectivity index (χ1v) is 7.90. The van der Waals surface area contributed by atoms with Crippen LogP contribution >= 0.6 is 0 Å². The molecule has 0 aliphatic carbocycles. The lowest BCUT2D eigenvalue weighted by Crippen LogP contribution is -2.19. The molecule has 2 rings (SSSR count). The quantitative estimate of drug-likeness (QED) is 0.727. The molecule has 2 aromatic rings. The highest BCUT2D eigenvalue weighted by Crippen LogP contribution is 2.27. The Labute approximate surface area is 146 Å². The predicted molar refractivity (Wildman–Crippen MR) is 95.3 cm³/mol. The van der Waals surface area contributed by atoms with Crippen LogP contribution in [0.2, 0.25) is 0 Å². The average Bonchev–Trinajstić information content (AvgIpc) is 2.63. The Kier molecular flexibility index (Phi) is 5.75. The van der Waals surface area contributed by atoms with Gasteiger partial charge < -0.3 is 15.7 Å². The van der Waals surface area contributed by atoms with Gasteiger partial charge in [-0.3, -0.25) is 9.59 Å². The number of carbonyl (C=O) groups is 2. The van der Waals surface area contributed by atoms with E-state index in [1.165, 1.54) is 24.3 Å². The first-order valence-electron chi connectivity index (χ1n) is 7.90. The summed E-state index contributed by atoms with van der Waals surface area (Å²) in [6.07, 6.45) is 0.719. The first kappa shape index (κ1) is 18.0. The Balaban J connectivity index is 2.08. The number of hydrogen-bond acceptors (Lipinski definition) is 4. The van der Waals surface area contributed by atoms with Gasteiger partial charge in [0.05, 0.1) is 17.3 Å². The summed E-state index contributed by atoms with van der Waals surface area (Å²) in [7, 11) is 0. The van der Waals surface area contributed by atoms with Crippen molar-refractivity contribution in [3.63, 3.8) is 0 Å². The van der Waals surface area contributed by atoms with Crippen molar-refractivity contribution >= 4 is 23.2 Å². The Morgan fingerprint density at radius 1 is 1.16 bits per heavy atom. The SMILES string of the molecule is CCC(C)C(=O)Nc1ccc(NC(=O)c2ccc(C#N)cc2)c(O)c1. The number of nitrogens with zero attached hydrogens (tertiary/aromatic N) is 1. The largest absolute Gasteiger partial charge is 0.506 e. The second-order valence-corrected chi connectivity index (χ2v) is 5.67. The highest BCUT2D eigenvalue weighted by atomic mass is 16.3. The van der Waals surface area contributed by atoms with Crippen LogP contribution in [0, 0.1) is 17.2 Å². The molecule has 0 radical (unpaired) electrons. The van der Waals surface area contributed by atoms with Gasteiger partial charge in [0, 0.05) is 23.2 Å². The Bertz CT molecular complexity index is 823. The summed E-state index contributed by atoms with van der Waals surface area (Å²) in [6, 6.07) is 12.6. The molecule has 1 atom stereocenters. The number of anilines is 2. The van der Waals surface area contributed by atoms with Crippen LogP contribution in [0.25, 0.3) is 0 Å². The molecule has 25 heavy (non-hydrogen) atoms. The van der Waals surface area contributed by atoms with Crippen molar-refractivity contribution in [1.29, 1.82) is 5.26 Å². The molecular formula is C19H19N3O3. The molecule has 0 heterocycles. The second-order valence-electron chi connectivity index (χ2n) is 5.67. The van der Waals surface area contributed by atoms with E-state index in [1.807, 2.05) is 19.9 Å². The van der Waals surface area contributed by atoms with E-state index in [0.29, 0.717) is 16.8 Å². The highest BCUT2D eigenvalue weighted by Gasteiger charge is 2.13. The average molecular weight is 337 g/mol. The van der Waals surface area contributed by atoms with Crippen LogP contribution in [0.1, 0.15) is 36.2 Å². The van der Waals surface area contributed by atoms with Gasteiger partial charge in [-0.05, 0) is 42.8 Å². The molecule has 1 unspecified atom stereocenters. The number of carbonyl (C=O) groups excluding carboxylic acids is 2. The lowest BCUT2D eigenvalue weighted by Gasteiger charge is -2.12. The zero-order valence-electron chi connectivity index (χ0n) is 14.0. The van der Waals surface area contributed by atoms with Gasteiger partial charge >= 0.3 is 0 Å². The van der Waals surface area contributed by atoms with Gasteiger partial charge in [0.2, 0.25) is 5.91 Å². The zero-order valence-corrected chi connectivity index (χ0v) is 14.0. The summed E-state index contributed by atoms with van der Waals surface area (Å²) >= 11 is 0. The van der Waals surface area contributed by atoms with Crippen LogP contribution in [0.15, 0.2) is 42.5 Å². The smallest absolute Gasteiger partial charge is 0.255 e. The molecule has 0 spiro atoms. The third-order valence-corrected chi connectivity index (χ3v) is 3.85. The normalized spacial score (nSPS) is 11.2. The standard InChI is InChI=1S/C19H19N3O3/c1-3-12(2)18(24)21-15-8-9-16(17(23)10-15)22-19(25)14-6-4-13(11-20)5-7-14/h4-10,12,23H,3H2,1-2H3,(H,21,24)(H,22,25). The molecule has 0 saturated carbocycles. The maximum atomic E-state index is 12.2. The number of phenols is 1. The molecule has 2 aromatic carbocycles. The number of nitriles is 1. The lowest BCUT2D eigenvalue weighted by atomic mass is 10.1. The van der Waals surface area contributed by atoms with Crippen molar-refractivity contribution < 1.29 is 14.7 Å². The van der Waals surface area contributed by atoms with E-state index in [0.717, 1.165) is 6.42 Å². The van der Waals surface area contributed by atoms with Gasteiger partial charge in [-0.15, -0.1) is 0 Å². The molecule has 3 N–H and O–H groups in total. The molecule has 0 aromatic heterocycles. The van der Waals surface area contributed by atoms with Crippen molar-refractivity contribution in [1.82, 2.24) is 0 Å². The minimum Gasteiger partial charge on any atom is -0.506 e. The summed E-state index contributed by atoms with van der Waals surface area (Å²) in [5, 5.41) is 24.1. The van der Waals surface area contributed by atoms with E-state index in [2.05, 4.69) is 10.6 Å². The topological polar surface area (TPSA) is 102 Å². The first-order chi connectivity index (χ1) is 11.9. The monoisotopic (exact) mass is 337 g/mol. The van der Waals surface area contributed by atoms with E-state index in [1.54, 1.807) is 18.2 Å². The summed E-state index contributed by atoms with van der Waals surface area (Å²) in [5.41, 5.74) is 1.52. The fourth-order valence-corrected chi connectivity index (χ4v) is 2.06. The Morgan fingerprint density at radius 3 is 2.40 bits per heavy atom. The summed E-state index contributed by atoms with van der Waals surface area (Å²) in [6.45, 7) is 3.74. The van der Waals surface area contributed by atoms with Gasteiger partial charge in [0.25, 0.3) is 5.91 Å². The van der Waals surface area contributed by atoms with Gasteiger partial charge in [-0.1, -0.05) is 13.8 Å². The third-order valence-electron chi connectivity index (χ3n) is 3.85. The van der Waals surface area contributed by atoms with Crippen molar-refractivity contribution in [3.05, 3.63) is 53.6 Å². The van der Waals surface area contributed by atoms with E-state index in [9.17, 15) is 14.7 Å². The van der Waals surface area contributed by atoms with Crippen LogP contribution in [-0.4, -0.2) is 16.9 Å². The number of nitrogens with one attached hydrogen (secondary N) is 2. The highest BCUT2D eigenvalue weighted by molar-refractivity contribution is 6.05. The van der Waals surface area contributed by atoms with Gasteiger partial charge in [-0.2, -0.15) is 5.26 Å². The van der Waals surface area contributed by atoms with E-state index in [-0.39, 0.29) is 23.3 Å². The number of benzene rings is 2. The molecule has 0 aliphatic heterocycles. The fourth-order valence-electron chi connectivity index (χ4n) is 2.06. The molecule has 0 bridgehead atoms. The van der Waals surface area contributed by atoms with Crippen LogP contribution in [0.3, 0.4) is 0 Å². The molecule has 2 amide bonds. The predicted octanol–water partition coefficient (Wildman–Crippen LogP) is 3.50. The zero-order chi connectivity index (χ0) is 18.4. The van der Waals surface area contributed by atoms with Crippen molar-refractivity contribution in [2.24, 2.45) is 5.92 Å². The van der Waals surface area contributed by atoms with Crippen LogP contribution in [0.5, 0.6) is 5.75 Å². The number of amides is 2. The van der Waals surface area contributed by atoms with Crippen LogP contribution in [-0.2, 0) is 4.79 Å². The third kappa shape index (κ3) is 4.58. The maximum Gasteiger partial charge on any atom is 0.255 e. The molecule has 0 fully saturated rings. The number of hydrogen-bond donors (Lipinski definition) is 3. The number of phenolic OH excluding ortho intramolecular Hbond substituents is 1. The van der Waals surface area contributed by atoms with Crippen LogP contribution in [0.4, 0.5) is 11.4 Å². The molecule has 0 aliphatic rings. The second kappa shape index (κ2) is 7.97. The van der Waals surface area contributed by atoms with Crippen molar-refractivity contribution in [3.8, 4) is 11.8 Å². The number of aromatic hydroxyl groups is 1. The summed E-state index contributed by atoms with van der Waals surface area (Å²) < 4.78 is 0. The molecular weight excluding hydrogens is 318 g/mol. The summed E-state index contributed by atoms with van der Waals surface area (Å²) in [4.78, 5) is 24.1. The molecule has 6 heteroatoms. The molecule has 6 nitrogen and oxygen atoms in total. The lowest BCUT2D eigenvalue weighted by molar-refractivity contribution is -0.119. The number of rotatable bonds is 5. The maximum absolute atomic E-state index is 12.2. The van der Waals surface area contributed by atoms with E-state index < -0.39 is 5.91 Å². The Hall–Kier alpha value is -3.33. The Morgan fingerprint density at radius 2 is 1.84 bits per heavy atom. The summed E-state index contributed by atoms with van der Waals surface area (Å²) in [5.74, 6) is -0.811. The molecule has 128 valence electrons. The minimum atomic E-state index is -0.406. The minimum absolute atomic E-state index is 0.127. The van der Waals surface area contributed by atoms with Gasteiger partial charge in [0.15, 0.2) is 0 Å². The van der Waals surface area contributed by atoms with E-state index in [4.69, 9.17) is 5.26 Å². The van der Waals surface area contributed by atoms with Crippen LogP contribution < -0.4 is 10.6 Å². The van der Waals surface area contributed by atoms with Crippen molar-refractivity contribution in [2.75, 3.05) is 10.6 Å².